The number of nitrogens with zero attached hydrogens (tertiary/aromatic N) is 1. The molecule has 1 heterocycles. The molecule has 18 heavy (non-hydrogen) atoms. The van der Waals surface area contributed by atoms with E-state index in [0.29, 0.717) is 5.84 Å². The number of amidine groups is 1. The Bertz CT molecular complexity index is 357. The Morgan fingerprint density at radius 3 is 2.72 bits per heavy atom. The maximum atomic E-state index is 7.52. The molecule has 3 N–H and O–H groups in total. The fourth-order valence-electron chi connectivity index (χ4n) is 1.83. The van der Waals surface area contributed by atoms with Gasteiger partial charge in [-0.05, 0) is 37.9 Å². The quantitative estimate of drug-likeness (QED) is 0.431. The molecule has 0 bridgehead atoms. The summed E-state index contributed by atoms with van der Waals surface area (Å²) in [5.74, 6) is 0.300. The van der Waals surface area contributed by atoms with Crippen LogP contribution in [0.25, 0.3) is 0 Å². The first-order valence-electron chi connectivity index (χ1n) is 6.47. The van der Waals surface area contributed by atoms with Crippen molar-refractivity contribution in [3.63, 3.8) is 0 Å². The summed E-state index contributed by atoms with van der Waals surface area (Å²) in [6.07, 6.45) is 3.29. The fourth-order valence-corrected chi connectivity index (χ4v) is 2.61. The van der Waals surface area contributed by atoms with Gasteiger partial charge in [0.25, 0.3) is 0 Å². The Hall–Kier alpha value is -0.870. The Balaban J connectivity index is 2.16. The zero-order valence-corrected chi connectivity index (χ0v) is 12.5. The molecule has 0 atom stereocenters. The molecule has 4 heteroatoms. The number of rotatable bonds is 8. The maximum Gasteiger partial charge on any atom is 0.0963 e. The highest BCUT2D eigenvalue weighted by molar-refractivity contribution is 7.09. The predicted molar refractivity (Wildman–Crippen MR) is 80.2 cm³/mol. The molecule has 0 amide bonds. The van der Waals surface area contributed by atoms with E-state index in [4.69, 9.17) is 11.1 Å². The summed E-state index contributed by atoms with van der Waals surface area (Å²) < 4.78 is 0. The van der Waals surface area contributed by atoms with E-state index in [9.17, 15) is 0 Å². The maximum absolute atomic E-state index is 7.52. The van der Waals surface area contributed by atoms with Crippen LogP contribution in [0.2, 0.25) is 0 Å². The number of unbranched alkanes of at least 4 members (excludes halogenated alkanes) is 1. The SMILES string of the molecule is CN(CCCCC(C)(C)C(=N)N)Cc1cccs1. The van der Waals surface area contributed by atoms with Gasteiger partial charge < -0.3 is 10.6 Å². The molecule has 0 unspecified atom stereocenters. The molecule has 0 fully saturated rings. The van der Waals surface area contributed by atoms with Gasteiger partial charge in [0.05, 0.1) is 5.84 Å². The van der Waals surface area contributed by atoms with Gasteiger partial charge in [0.1, 0.15) is 0 Å². The van der Waals surface area contributed by atoms with Crippen molar-refractivity contribution in [2.75, 3.05) is 13.6 Å². The summed E-state index contributed by atoms with van der Waals surface area (Å²) in [6.45, 7) is 6.23. The van der Waals surface area contributed by atoms with Crippen molar-refractivity contribution in [2.45, 2.75) is 39.7 Å². The van der Waals surface area contributed by atoms with E-state index in [2.05, 4.69) is 29.5 Å². The Morgan fingerprint density at radius 1 is 1.44 bits per heavy atom. The van der Waals surface area contributed by atoms with Gasteiger partial charge in [-0.3, -0.25) is 5.41 Å². The first-order valence-corrected chi connectivity index (χ1v) is 7.35. The number of hydrogen-bond donors (Lipinski definition) is 2. The van der Waals surface area contributed by atoms with Gasteiger partial charge >= 0.3 is 0 Å². The topological polar surface area (TPSA) is 53.1 Å². The molecule has 1 aromatic rings. The van der Waals surface area contributed by atoms with Crippen molar-refractivity contribution in [2.24, 2.45) is 11.1 Å². The average molecular weight is 267 g/mol. The molecule has 0 aliphatic rings. The molecule has 0 radical (unpaired) electrons. The molecule has 0 spiro atoms. The monoisotopic (exact) mass is 267 g/mol. The third kappa shape index (κ3) is 5.19. The lowest BCUT2D eigenvalue weighted by Crippen LogP contribution is -2.31. The first kappa shape index (κ1) is 15.2. The van der Waals surface area contributed by atoms with Gasteiger partial charge in [-0.25, -0.2) is 0 Å². The van der Waals surface area contributed by atoms with Crippen LogP contribution in [0.3, 0.4) is 0 Å². The van der Waals surface area contributed by atoms with E-state index in [0.717, 1.165) is 25.9 Å². The van der Waals surface area contributed by atoms with Crippen LogP contribution < -0.4 is 5.73 Å². The normalized spacial score (nSPS) is 12.0. The summed E-state index contributed by atoms with van der Waals surface area (Å²) >= 11 is 1.81. The Morgan fingerprint density at radius 2 is 2.17 bits per heavy atom. The largest absolute Gasteiger partial charge is 0.387 e. The van der Waals surface area contributed by atoms with Gasteiger partial charge in [-0.1, -0.05) is 26.3 Å². The average Bonchev–Trinajstić information content (AvgIpc) is 2.77. The molecule has 0 saturated carbocycles. The molecule has 0 aliphatic heterocycles. The van der Waals surface area contributed by atoms with Crippen LogP contribution in [0.5, 0.6) is 0 Å². The second-order valence-electron chi connectivity index (χ2n) is 5.57. The van der Waals surface area contributed by atoms with E-state index in [1.807, 2.05) is 25.2 Å². The number of thiophene rings is 1. The molecule has 1 aromatic heterocycles. The summed E-state index contributed by atoms with van der Waals surface area (Å²) in [6, 6.07) is 4.28. The predicted octanol–water partition coefficient (Wildman–Crippen LogP) is 3.31. The lowest BCUT2D eigenvalue weighted by Gasteiger charge is -2.23. The first-order chi connectivity index (χ1) is 8.42. The molecular formula is C14H25N3S. The van der Waals surface area contributed by atoms with E-state index in [1.165, 1.54) is 11.3 Å². The Kier molecular flexibility index (Phi) is 5.82. The van der Waals surface area contributed by atoms with Gasteiger partial charge in [0.15, 0.2) is 0 Å². The van der Waals surface area contributed by atoms with Gasteiger partial charge in [-0.2, -0.15) is 0 Å². The third-order valence-electron chi connectivity index (χ3n) is 3.33. The van der Waals surface area contributed by atoms with Crippen LogP contribution in [-0.2, 0) is 6.54 Å². The van der Waals surface area contributed by atoms with Gasteiger partial charge in [0, 0.05) is 16.8 Å². The van der Waals surface area contributed by atoms with Gasteiger partial charge in [0.2, 0.25) is 0 Å². The molecule has 1 rings (SSSR count). The summed E-state index contributed by atoms with van der Waals surface area (Å²) in [5, 5.41) is 9.64. The lowest BCUT2D eigenvalue weighted by atomic mass is 9.86. The summed E-state index contributed by atoms with van der Waals surface area (Å²) in [7, 11) is 2.16. The zero-order chi connectivity index (χ0) is 13.6. The highest BCUT2D eigenvalue weighted by Gasteiger charge is 2.20. The smallest absolute Gasteiger partial charge is 0.0963 e. The lowest BCUT2D eigenvalue weighted by molar-refractivity contribution is 0.311. The number of hydrogen-bond acceptors (Lipinski definition) is 3. The molecule has 0 saturated heterocycles. The minimum absolute atomic E-state index is 0.147. The van der Waals surface area contributed by atoms with Crippen molar-refractivity contribution in [1.29, 1.82) is 5.41 Å². The minimum atomic E-state index is -0.147. The van der Waals surface area contributed by atoms with Crippen molar-refractivity contribution < 1.29 is 0 Å². The van der Waals surface area contributed by atoms with Crippen LogP contribution in [0.4, 0.5) is 0 Å². The molecule has 0 aliphatic carbocycles. The summed E-state index contributed by atoms with van der Waals surface area (Å²) in [4.78, 5) is 3.77. The minimum Gasteiger partial charge on any atom is -0.387 e. The zero-order valence-electron chi connectivity index (χ0n) is 11.7. The highest BCUT2D eigenvalue weighted by Crippen LogP contribution is 2.22. The highest BCUT2D eigenvalue weighted by atomic mass is 32.1. The van der Waals surface area contributed by atoms with Crippen LogP contribution >= 0.6 is 11.3 Å². The van der Waals surface area contributed by atoms with Crippen molar-refractivity contribution in [3.05, 3.63) is 22.4 Å². The summed E-state index contributed by atoms with van der Waals surface area (Å²) in [5.41, 5.74) is 5.43. The van der Waals surface area contributed by atoms with Gasteiger partial charge in [-0.15, -0.1) is 11.3 Å². The van der Waals surface area contributed by atoms with Crippen LogP contribution in [0.1, 0.15) is 38.0 Å². The molecule has 0 aromatic carbocycles. The fraction of sp³-hybridized carbons (Fsp3) is 0.643. The number of nitrogens with one attached hydrogen (secondary N) is 1. The van der Waals surface area contributed by atoms with E-state index < -0.39 is 0 Å². The van der Waals surface area contributed by atoms with E-state index in [1.54, 1.807) is 0 Å². The molecule has 3 nitrogen and oxygen atoms in total. The second-order valence-corrected chi connectivity index (χ2v) is 6.60. The standard InChI is InChI=1S/C14H25N3S/c1-14(2,13(15)16)8-4-5-9-17(3)11-12-7-6-10-18-12/h6-7,10H,4-5,8-9,11H2,1-3H3,(H3,15,16). The van der Waals surface area contributed by atoms with Crippen LogP contribution in [0, 0.1) is 10.8 Å². The van der Waals surface area contributed by atoms with Crippen molar-refractivity contribution in [3.8, 4) is 0 Å². The third-order valence-corrected chi connectivity index (χ3v) is 4.19. The van der Waals surface area contributed by atoms with E-state index >= 15 is 0 Å². The van der Waals surface area contributed by atoms with E-state index in [-0.39, 0.29) is 5.41 Å². The van der Waals surface area contributed by atoms with Crippen molar-refractivity contribution in [1.82, 2.24) is 4.90 Å². The number of nitrogens with two attached hydrogens (primary N) is 1. The van der Waals surface area contributed by atoms with Crippen molar-refractivity contribution >= 4 is 17.2 Å². The molecular weight excluding hydrogens is 242 g/mol. The molecule has 102 valence electrons. The second kappa shape index (κ2) is 6.90. The van der Waals surface area contributed by atoms with Crippen LogP contribution in [-0.4, -0.2) is 24.3 Å². The Labute approximate surface area is 115 Å². The van der Waals surface area contributed by atoms with Crippen LogP contribution in [0.15, 0.2) is 17.5 Å².